The molecular formula is C15H18FNO. The van der Waals surface area contributed by atoms with Crippen LogP contribution >= 0.6 is 0 Å². The Morgan fingerprint density at radius 2 is 2.11 bits per heavy atom. The quantitative estimate of drug-likeness (QED) is 0.874. The SMILES string of the molecule is O=C(Cc1ccccc1F)N[C@@H]1C[C@@H]2CC[C@@H]1C2. The topological polar surface area (TPSA) is 29.1 Å². The Balaban J connectivity index is 1.58. The summed E-state index contributed by atoms with van der Waals surface area (Å²) in [6, 6.07) is 6.83. The number of nitrogens with one attached hydrogen (secondary N) is 1. The van der Waals surface area contributed by atoms with Crippen LogP contribution in [0.4, 0.5) is 4.39 Å². The fourth-order valence-corrected chi connectivity index (χ4v) is 3.49. The fraction of sp³-hybridized carbons (Fsp3) is 0.533. The molecule has 0 aromatic heterocycles. The van der Waals surface area contributed by atoms with Gasteiger partial charge in [0.25, 0.3) is 0 Å². The lowest BCUT2D eigenvalue weighted by Crippen LogP contribution is -2.39. The van der Waals surface area contributed by atoms with E-state index in [-0.39, 0.29) is 18.1 Å². The Labute approximate surface area is 107 Å². The predicted molar refractivity (Wildman–Crippen MR) is 67.5 cm³/mol. The highest BCUT2D eigenvalue weighted by Gasteiger charge is 2.39. The van der Waals surface area contributed by atoms with Gasteiger partial charge in [0.05, 0.1) is 6.42 Å². The molecule has 1 aromatic rings. The number of benzene rings is 1. The third kappa shape index (κ3) is 2.26. The van der Waals surface area contributed by atoms with E-state index in [0.29, 0.717) is 17.5 Å². The monoisotopic (exact) mass is 247 g/mol. The van der Waals surface area contributed by atoms with E-state index >= 15 is 0 Å². The van der Waals surface area contributed by atoms with Crippen molar-refractivity contribution in [2.45, 2.75) is 38.1 Å². The van der Waals surface area contributed by atoms with E-state index in [4.69, 9.17) is 0 Å². The lowest BCUT2D eigenvalue weighted by atomic mass is 9.95. The molecule has 1 aromatic carbocycles. The van der Waals surface area contributed by atoms with Gasteiger partial charge in [0.1, 0.15) is 5.82 Å². The minimum Gasteiger partial charge on any atom is -0.353 e. The number of carbonyl (C=O) groups excluding carboxylic acids is 1. The van der Waals surface area contributed by atoms with Gasteiger partial charge in [-0.2, -0.15) is 0 Å². The van der Waals surface area contributed by atoms with Crippen LogP contribution in [0.1, 0.15) is 31.2 Å². The molecule has 1 amide bonds. The van der Waals surface area contributed by atoms with E-state index in [9.17, 15) is 9.18 Å². The molecule has 0 saturated heterocycles. The van der Waals surface area contributed by atoms with E-state index < -0.39 is 0 Å². The molecule has 2 aliphatic carbocycles. The zero-order valence-corrected chi connectivity index (χ0v) is 10.4. The highest BCUT2D eigenvalue weighted by atomic mass is 19.1. The van der Waals surface area contributed by atoms with Crippen LogP contribution < -0.4 is 5.32 Å². The first-order valence-corrected chi connectivity index (χ1v) is 6.75. The summed E-state index contributed by atoms with van der Waals surface area (Å²) in [6.07, 6.45) is 5.11. The Bertz CT molecular complexity index is 460. The van der Waals surface area contributed by atoms with Gasteiger partial charge in [0.2, 0.25) is 5.91 Å². The molecule has 1 N–H and O–H groups in total. The van der Waals surface area contributed by atoms with E-state index in [1.165, 1.54) is 25.3 Å². The standard InChI is InChI=1S/C15H18FNO/c16-13-4-2-1-3-11(13)9-15(18)17-14-8-10-5-6-12(14)7-10/h1-4,10,12,14H,5-9H2,(H,17,18)/t10-,12-,14-/m1/s1. The highest BCUT2D eigenvalue weighted by Crippen LogP contribution is 2.44. The van der Waals surface area contributed by atoms with Gasteiger partial charge in [-0.05, 0) is 42.7 Å². The number of rotatable bonds is 3. The van der Waals surface area contributed by atoms with Crippen molar-refractivity contribution in [2.75, 3.05) is 0 Å². The Hall–Kier alpha value is -1.38. The normalized spacial score (nSPS) is 29.5. The molecule has 0 heterocycles. The fourth-order valence-electron chi connectivity index (χ4n) is 3.49. The van der Waals surface area contributed by atoms with E-state index in [0.717, 1.165) is 12.3 Å². The zero-order valence-electron chi connectivity index (χ0n) is 10.4. The second-order valence-corrected chi connectivity index (χ2v) is 5.62. The molecule has 2 nitrogen and oxygen atoms in total. The van der Waals surface area contributed by atoms with Gasteiger partial charge in [0, 0.05) is 6.04 Å². The first-order chi connectivity index (χ1) is 8.72. The maximum atomic E-state index is 13.4. The molecule has 2 saturated carbocycles. The van der Waals surface area contributed by atoms with Crippen molar-refractivity contribution in [2.24, 2.45) is 11.8 Å². The second-order valence-electron chi connectivity index (χ2n) is 5.62. The molecule has 0 radical (unpaired) electrons. The van der Waals surface area contributed by atoms with Gasteiger partial charge in [-0.1, -0.05) is 24.6 Å². The van der Waals surface area contributed by atoms with Crippen LogP contribution in [-0.4, -0.2) is 11.9 Å². The molecule has 0 aliphatic heterocycles. The van der Waals surface area contributed by atoms with Crippen molar-refractivity contribution in [1.29, 1.82) is 0 Å². The number of fused-ring (bicyclic) bond motifs is 2. The number of amides is 1. The van der Waals surface area contributed by atoms with Crippen molar-refractivity contribution in [3.8, 4) is 0 Å². The lowest BCUT2D eigenvalue weighted by Gasteiger charge is -2.22. The van der Waals surface area contributed by atoms with Crippen LogP contribution in [0.3, 0.4) is 0 Å². The molecule has 0 spiro atoms. The van der Waals surface area contributed by atoms with Crippen LogP contribution in [0.25, 0.3) is 0 Å². The van der Waals surface area contributed by atoms with Gasteiger partial charge < -0.3 is 5.32 Å². The molecule has 0 unspecified atom stereocenters. The summed E-state index contributed by atoms with van der Waals surface area (Å²) in [6.45, 7) is 0. The molecule has 2 fully saturated rings. The van der Waals surface area contributed by atoms with E-state index in [2.05, 4.69) is 5.32 Å². The van der Waals surface area contributed by atoms with Crippen LogP contribution in [-0.2, 0) is 11.2 Å². The molecule has 3 heteroatoms. The van der Waals surface area contributed by atoms with Gasteiger partial charge in [-0.3, -0.25) is 4.79 Å². The molecule has 3 rings (SSSR count). The van der Waals surface area contributed by atoms with Crippen molar-refractivity contribution in [1.82, 2.24) is 5.32 Å². The summed E-state index contributed by atoms with van der Waals surface area (Å²) in [5.74, 6) is 1.14. The van der Waals surface area contributed by atoms with Gasteiger partial charge in [-0.15, -0.1) is 0 Å². The maximum Gasteiger partial charge on any atom is 0.224 e. The lowest BCUT2D eigenvalue weighted by molar-refractivity contribution is -0.121. The summed E-state index contributed by atoms with van der Waals surface area (Å²) in [5, 5.41) is 3.08. The molecule has 18 heavy (non-hydrogen) atoms. The molecule has 2 aliphatic rings. The first kappa shape index (κ1) is 11.7. The second kappa shape index (κ2) is 4.71. The highest BCUT2D eigenvalue weighted by molar-refractivity contribution is 5.79. The van der Waals surface area contributed by atoms with Crippen molar-refractivity contribution in [3.63, 3.8) is 0 Å². The average Bonchev–Trinajstić information content (AvgIpc) is 2.94. The average molecular weight is 247 g/mol. The summed E-state index contributed by atoms with van der Waals surface area (Å²) >= 11 is 0. The minimum absolute atomic E-state index is 0.0438. The zero-order chi connectivity index (χ0) is 12.5. The van der Waals surface area contributed by atoms with Crippen molar-refractivity contribution in [3.05, 3.63) is 35.6 Å². The Morgan fingerprint density at radius 3 is 2.78 bits per heavy atom. The third-order valence-electron chi connectivity index (χ3n) is 4.39. The van der Waals surface area contributed by atoms with Gasteiger partial charge in [0.15, 0.2) is 0 Å². The molecule has 96 valence electrons. The van der Waals surface area contributed by atoms with E-state index in [1.54, 1.807) is 18.2 Å². The van der Waals surface area contributed by atoms with Crippen molar-refractivity contribution < 1.29 is 9.18 Å². The van der Waals surface area contributed by atoms with Gasteiger partial charge >= 0.3 is 0 Å². The summed E-state index contributed by atoms with van der Waals surface area (Å²) in [7, 11) is 0. The van der Waals surface area contributed by atoms with Crippen molar-refractivity contribution >= 4 is 5.91 Å². The smallest absolute Gasteiger partial charge is 0.224 e. The number of hydrogen-bond donors (Lipinski definition) is 1. The molecule has 2 bridgehead atoms. The number of carbonyl (C=O) groups is 1. The predicted octanol–water partition coefficient (Wildman–Crippen LogP) is 2.67. The Morgan fingerprint density at radius 1 is 1.28 bits per heavy atom. The largest absolute Gasteiger partial charge is 0.353 e. The van der Waals surface area contributed by atoms with Crippen LogP contribution in [0.5, 0.6) is 0 Å². The van der Waals surface area contributed by atoms with Crippen LogP contribution in [0, 0.1) is 17.7 Å². The van der Waals surface area contributed by atoms with Crippen LogP contribution in [0.15, 0.2) is 24.3 Å². The summed E-state index contributed by atoms with van der Waals surface area (Å²) in [5.41, 5.74) is 0.484. The first-order valence-electron chi connectivity index (χ1n) is 6.75. The third-order valence-corrected chi connectivity index (χ3v) is 4.39. The van der Waals surface area contributed by atoms with E-state index in [1.807, 2.05) is 0 Å². The summed E-state index contributed by atoms with van der Waals surface area (Å²) in [4.78, 5) is 11.9. The number of hydrogen-bond acceptors (Lipinski definition) is 1. The summed E-state index contributed by atoms with van der Waals surface area (Å²) < 4.78 is 13.4. The maximum absolute atomic E-state index is 13.4. The Kier molecular flexibility index (Phi) is 3.06. The number of halogens is 1. The van der Waals surface area contributed by atoms with Crippen LogP contribution in [0.2, 0.25) is 0 Å². The molecule has 3 atom stereocenters. The minimum atomic E-state index is -0.291. The molecular weight excluding hydrogens is 229 g/mol. The van der Waals surface area contributed by atoms with Gasteiger partial charge in [-0.25, -0.2) is 4.39 Å².